The molecule has 29 heavy (non-hydrogen) atoms. The van der Waals surface area contributed by atoms with Gasteiger partial charge in [0.2, 0.25) is 0 Å². The van der Waals surface area contributed by atoms with E-state index in [0.717, 1.165) is 31.8 Å². The molecule has 0 aromatic carbocycles. The zero-order valence-electron chi connectivity index (χ0n) is 18.1. The second kappa shape index (κ2) is 92.0. The summed E-state index contributed by atoms with van der Waals surface area (Å²) in [6.45, 7) is 1.80. The van der Waals surface area contributed by atoms with Gasteiger partial charge in [0.25, 0.3) is 0 Å². The molecule has 0 saturated carbocycles. The molecule has 179 valence electrons. The number of halogens is 5. The van der Waals surface area contributed by atoms with Crippen molar-refractivity contribution < 1.29 is 121 Å². The monoisotopic (exact) mass is 1080 g/mol. The summed E-state index contributed by atoms with van der Waals surface area (Å²) >= 11 is 28.5. The van der Waals surface area contributed by atoms with E-state index in [2.05, 4.69) is 72.5 Å². The van der Waals surface area contributed by atoms with Crippen molar-refractivity contribution >= 4 is 112 Å². The molecule has 1 N–H and O–H groups in total. The van der Waals surface area contributed by atoms with Crippen LogP contribution in [0.25, 0.3) is 0 Å². The summed E-state index contributed by atoms with van der Waals surface area (Å²) < 4.78 is 9.68. The minimum atomic E-state index is 0. The van der Waals surface area contributed by atoms with Crippen LogP contribution < -0.4 is 0 Å². The van der Waals surface area contributed by atoms with Crippen LogP contribution in [-0.2, 0) is 48.2 Å². The summed E-state index contributed by atoms with van der Waals surface area (Å²) in [6, 6.07) is 0. The van der Waals surface area contributed by atoms with Crippen LogP contribution in [0.3, 0.4) is 0 Å². The molecule has 0 saturated heterocycles. The first-order valence-electron chi connectivity index (χ1n) is 6.60. The molecule has 0 aromatic rings. The smallest absolute Gasteiger partial charge is 0.369 e. The Hall–Kier alpha value is 6.60. The van der Waals surface area contributed by atoms with E-state index < -0.39 is 0 Å². The molecule has 3 nitrogen and oxygen atoms in total. The second-order valence-corrected chi connectivity index (χ2v) is 10.7. The van der Waals surface area contributed by atoms with Crippen molar-refractivity contribution in [2.75, 3.05) is 57.8 Å². The molecule has 0 aliphatic heterocycles. The van der Waals surface area contributed by atoms with Crippen LogP contribution in [-0.4, -0.2) is 66.1 Å². The predicted molar refractivity (Wildman–Crippen MR) is 146 cm³/mol. The number of alkyl halides is 2. The number of aliphatic hydroxyl groups excluding tert-OH is 1. The van der Waals surface area contributed by atoms with Crippen LogP contribution in [0.4, 0.5) is 0 Å². The number of ether oxygens (including phenoxy) is 2. The normalized spacial score (nSPS) is 6.31. The van der Waals surface area contributed by atoms with Crippen molar-refractivity contribution in [1.82, 2.24) is 0 Å². The fourth-order valence-corrected chi connectivity index (χ4v) is 0.808. The minimum absolute atomic E-state index is 0. The number of rotatable bonds is 8. The Morgan fingerprint density at radius 2 is 1.10 bits per heavy atom. The molecular formula is C14H35BBr3Cl2La3O3S3-5. The van der Waals surface area contributed by atoms with Crippen molar-refractivity contribution in [2.45, 2.75) is 19.3 Å². The Morgan fingerprint density at radius 3 is 1.17 bits per heavy atom. The standard InChI is InChI=1S/C4H9ClO.C4H10OS.C3H7ClO.CH4S.2CH3.BBr3.3La.H2S/c1-6-4-2-3-5;1-5-3-2-4-6;4-2-1-3-5;1-2;;;2-1(3)4;;;;/h2-4H2,1H3;6H,2-4H2,1H3;5H,1-3H2;2H,1H3;2*1H3;;;;;1H2/q;;;;2*-1;;;;;/p-3. The summed E-state index contributed by atoms with van der Waals surface area (Å²) in [7, 11) is 3.36. The van der Waals surface area contributed by atoms with Crippen molar-refractivity contribution in [2.24, 2.45) is 0 Å². The zero-order chi connectivity index (χ0) is 19.4. The number of hydrogen-bond acceptors (Lipinski definition) is 6. The van der Waals surface area contributed by atoms with Gasteiger partial charge < -0.3 is 68.2 Å². The van der Waals surface area contributed by atoms with Gasteiger partial charge in [-0.2, -0.15) is 12.0 Å². The SMILES string of the molecule is BrB(Br)Br.COCCCCl.COCCC[S-].C[S-].OCCCCl.[CH3-].[CH3-].[La].[La].[La].[SH-]. The average molecular weight is 1090 g/mol. The molecule has 0 amide bonds. The Kier molecular flexibility index (Phi) is 224. The van der Waals surface area contributed by atoms with Crippen LogP contribution in [0.15, 0.2) is 0 Å². The molecule has 0 aliphatic carbocycles. The molecule has 0 bridgehead atoms. The molecule has 0 atom stereocenters. The third-order valence-electron chi connectivity index (χ3n) is 1.27. The van der Waals surface area contributed by atoms with Gasteiger partial charge in [-0.05, 0) is 12.8 Å². The first-order valence-corrected chi connectivity index (χ1v) is 11.8. The molecule has 0 fully saturated rings. The summed E-state index contributed by atoms with van der Waals surface area (Å²) in [6.07, 6.45) is 4.26. The van der Waals surface area contributed by atoms with Gasteiger partial charge in [-0.3, -0.25) is 0 Å². The fraction of sp³-hybridized carbons (Fsp3) is 0.857. The molecular weight excluding hydrogens is 1050 g/mol. The molecule has 0 aliphatic rings. The van der Waals surface area contributed by atoms with E-state index in [0.29, 0.717) is 18.2 Å². The van der Waals surface area contributed by atoms with Gasteiger partial charge in [-0.15, -0.1) is 70.5 Å². The topological polar surface area (TPSA) is 38.7 Å². The maximum absolute atomic E-state index is 7.98. The Bertz CT molecular complexity index is 150. The van der Waals surface area contributed by atoms with Gasteiger partial charge in [0.05, 0.1) is 0 Å². The third kappa shape index (κ3) is 173. The Labute approximate surface area is 319 Å². The van der Waals surface area contributed by atoms with E-state index in [1.165, 1.54) is 0 Å². The van der Waals surface area contributed by atoms with Crippen LogP contribution >= 0.6 is 70.5 Å². The van der Waals surface area contributed by atoms with Crippen LogP contribution in [0.5, 0.6) is 0 Å². The molecule has 0 heterocycles. The maximum Gasteiger partial charge on any atom is 0.369 e. The predicted octanol–water partition coefficient (Wildman–Crippen LogP) is 5.39. The van der Waals surface area contributed by atoms with Crippen molar-refractivity contribution in [3.63, 3.8) is 0 Å². The number of methoxy groups -OCH3 is 2. The summed E-state index contributed by atoms with van der Waals surface area (Å²) in [4.78, 5) is 0. The van der Waals surface area contributed by atoms with Crippen molar-refractivity contribution in [3.8, 4) is 0 Å². The summed E-state index contributed by atoms with van der Waals surface area (Å²) in [5, 5.41) is 7.98. The van der Waals surface area contributed by atoms with E-state index in [1.807, 2.05) is 0 Å². The largest absolute Gasteiger partial charge is 0.813 e. The van der Waals surface area contributed by atoms with E-state index in [1.54, 1.807) is 20.5 Å². The molecule has 15 heteroatoms. The van der Waals surface area contributed by atoms with Gasteiger partial charge in [0.15, 0.2) is 0 Å². The van der Waals surface area contributed by atoms with Gasteiger partial charge in [-0.25, -0.2) is 0 Å². The zero-order valence-corrected chi connectivity index (χ0v) is 37.8. The number of thiol groups is 1. The van der Waals surface area contributed by atoms with Gasteiger partial charge in [0.1, 0.15) is 0 Å². The average Bonchev–Trinajstić information content (AvgIpc) is 2.54. The van der Waals surface area contributed by atoms with Gasteiger partial charge >= 0.3 is 3.18 Å². The van der Waals surface area contributed by atoms with Crippen LogP contribution in [0.2, 0.25) is 0 Å². The van der Waals surface area contributed by atoms with E-state index in [-0.39, 0.29) is 145 Å². The molecule has 0 spiro atoms. The minimum Gasteiger partial charge on any atom is -0.813 e. The molecule has 3 radical (unpaired) electrons. The van der Waals surface area contributed by atoms with Crippen LogP contribution in [0.1, 0.15) is 19.3 Å². The number of hydrogen-bond donors (Lipinski definition) is 1. The third-order valence-corrected chi connectivity index (χ3v) is 2.09. The van der Waals surface area contributed by atoms with Gasteiger partial charge in [0, 0.05) is 153 Å². The van der Waals surface area contributed by atoms with Gasteiger partial charge in [-0.1, -0.05) is 6.42 Å². The molecule has 0 rings (SSSR count). The second-order valence-electron chi connectivity index (χ2n) is 3.10. The first kappa shape index (κ1) is 70.4. The maximum atomic E-state index is 7.98. The van der Waals surface area contributed by atoms with Crippen molar-refractivity contribution in [1.29, 1.82) is 0 Å². The summed E-state index contributed by atoms with van der Waals surface area (Å²) in [5.74, 6) is 2.08. The number of aliphatic hydroxyl groups is 1. The fourth-order valence-electron chi connectivity index (χ4n) is 0.462. The van der Waals surface area contributed by atoms with E-state index in [4.69, 9.17) is 37.8 Å². The van der Waals surface area contributed by atoms with Crippen LogP contribution in [0, 0.1) is 122 Å². The first-order chi connectivity index (χ1) is 11.0. The summed E-state index contributed by atoms with van der Waals surface area (Å²) in [5.41, 5.74) is 0. The molecule has 0 unspecified atom stereocenters. The van der Waals surface area contributed by atoms with E-state index >= 15 is 0 Å². The van der Waals surface area contributed by atoms with E-state index in [9.17, 15) is 0 Å². The Morgan fingerprint density at radius 1 is 0.828 bits per heavy atom. The molecule has 0 aromatic heterocycles. The van der Waals surface area contributed by atoms with Crippen molar-refractivity contribution in [3.05, 3.63) is 14.9 Å². The Balaban J connectivity index is -0.0000000152. The quantitative estimate of drug-likeness (QED) is 0.0880.